The third-order valence-electron chi connectivity index (χ3n) is 3.00. The zero-order chi connectivity index (χ0) is 13.2. The van der Waals surface area contributed by atoms with E-state index in [1.807, 2.05) is 30.3 Å². The van der Waals surface area contributed by atoms with Crippen molar-refractivity contribution in [3.8, 4) is 0 Å². The van der Waals surface area contributed by atoms with Crippen LogP contribution in [-0.2, 0) is 6.54 Å². The van der Waals surface area contributed by atoms with Gasteiger partial charge in [-0.15, -0.1) is 0 Å². The molecule has 0 atom stereocenters. The Balaban J connectivity index is 2.14. The topological polar surface area (TPSA) is 34.9 Å². The molecule has 3 nitrogen and oxygen atoms in total. The molecule has 0 saturated heterocycles. The second kappa shape index (κ2) is 4.86. The zero-order valence-corrected chi connectivity index (χ0v) is 10.8. The van der Waals surface area contributed by atoms with Crippen molar-refractivity contribution in [1.29, 1.82) is 0 Å². The summed E-state index contributed by atoms with van der Waals surface area (Å²) in [5, 5.41) is 1.66. The van der Waals surface area contributed by atoms with E-state index in [4.69, 9.17) is 11.6 Å². The molecular weight excluding hydrogens is 260 g/mol. The van der Waals surface area contributed by atoms with E-state index in [2.05, 4.69) is 4.98 Å². The van der Waals surface area contributed by atoms with Crippen LogP contribution in [0.25, 0.3) is 10.9 Å². The Morgan fingerprint density at radius 1 is 1.11 bits per heavy atom. The maximum Gasteiger partial charge on any atom is 0.251 e. The average Bonchev–Trinajstić information content (AvgIpc) is 2.42. The number of nitrogens with zero attached hydrogens (tertiary/aromatic N) is 2. The van der Waals surface area contributed by atoms with Crippen molar-refractivity contribution in [2.45, 2.75) is 6.54 Å². The quantitative estimate of drug-likeness (QED) is 0.717. The molecule has 1 aromatic carbocycles. The number of rotatable bonds is 2. The van der Waals surface area contributed by atoms with E-state index in [-0.39, 0.29) is 5.56 Å². The Kier molecular flexibility index (Phi) is 3.05. The molecule has 0 N–H and O–H groups in total. The molecular formula is C15H11ClN2O. The van der Waals surface area contributed by atoms with Gasteiger partial charge >= 0.3 is 0 Å². The maximum atomic E-state index is 12.0. The van der Waals surface area contributed by atoms with Crippen molar-refractivity contribution in [2.75, 3.05) is 0 Å². The van der Waals surface area contributed by atoms with Gasteiger partial charge in [-0.05, 0) is 29.7 Å². The Bertz CT molecular complexity index is 795. The van der Waals surface area contributed by atoms with Crippen LogP contribution in [0, 0.1) is 0 Å². The summed E-state index contributed by atoms with van der Waals surface area (Å²) < 4.78 is 1.70. The van der Waals surface area contributed by atoms with Gasteiger partial charge in [0, 0.05) is 17.3 Å². The summed E-state index contributed by atoms with van der Waals surface area (Å²) in [7, 11) is 0. The molecule has 3 rings (SSSR count). The molecule has 2 aromatic heterocycles. The van der Waals surface area contributed by atoms with Gasteiger partial charge in [-0.25, -0.2) is 0 Å². The molecule has 4 heteroatoms. The molecule has 0 fully saturated rings. The zero-order valence-electron chi connectivity index (χ0n) is 10.1. The van der Waals surface area contributed by atoms with Gasteiger partial charge in [-0.3, -0.25) is 9.78 Å². The first-order chi connectivity index (χ1) is 9.24. The van der Waals surface area contributed by atoms with Gasteiger partial charge in [0.25, 0.3) is 5.56 Å². The lowest BCUT2D eigenvalue weighted by Crippen LogP contribution is -2.20. The van der Waals surface area contributed by atoms with Gasteiger partial charge in [0.15, 0.2) is 0 Å². The Morgan fingerprint density at radius 2 is 1.95 bits per heavy atom. The van der Waals surface area contributed by atoms with E-state index in [0.29, 0.717) is 11.6 Å². The lowest BCUT2D eigenvalue weighted by molar-refractivity contribution is 0.771. The fourth-order valence-corrected chi connectivity index (χ4v) is 2.29. The molecule has 3 aromatic rings. The first kappa shape index (κ1) is 11.9. The Labute approximate surface area is 115 Å². The Hall–Kier alpha value is -2.13. The lowest BCUT2D eigenvalue weighted by Gasteiger charge is -2.09. The van der Waals surface area contributed by atoms with Gasteiger partial charge in [0.2, 0.25) is 0 Å². The number of hydrogen-bond donors (Lipinski definition) is 0. The van der Waals surface area contributed by atoms with Crippen molar-refractivity contribution in [3.05, 3.63) is 75.8 Å². The third kappa shape index (κ3) is 2.37. The second-order valence-corrected chi connectivity index (χ2v) is 4.72. The summed E-state index contributed by atoms with van der Waals surface area (Å²) in [5.41, 5.74) is 1.63. The van der Waals surface area contributed by atoms with E-state index in [9.17, 15) is 4.79 Å². The Morgan fingerprint density at radius 3 is 2.79 bits per heavy atom. The van der Waals surface area contributed by atoms with E-state index >= 15 is 0 Å². The number of fused-ring (bicyclic) bond motifs is 1. The highest BCUT2D eigenvalue weighted by Crippen LogP contribution is 2.13. The smallest absolute Gasteiger partial charge is 0.251 e. The van der Waals surface area contributed by atoms with Gasteiger partial charge in [-0.2, -0.15) is 0 Å². The first-order valence-corrected chi connectivity index (χ1v) is 6.31. The minimum atomic E-state index is -0.0412. The van der Waals surface area contributed by atoms with Crippen LogP contribution in [0.2, 0.25) is 5.02 Å². The number of benzene rings is 1. The summed E-state index contributed by atoms with van der Waals surface area (Å²) in [6, 6.07) is 14.7. The maximum absolute atomic E-state index is 12.0. The minimum Gasteiger partial charge on any atom is -0.302 e. The molecule has 94 valence electrons. The predicted octanol–water partition coefficient (Wildman–Crippen LogP) is 3.10. The summed E-state index contributed by atoms with van der Waals surface area (Å²) in [6.45, 7) is 0.417. The van der Waals surface area contributed by atoms with Crippen LogP contribution >= 0.6 is 11.6 Å². The highest BCUT2D eigenvalue weighted by atomic mass is 35.5. The predicted molar refractivity (Wildman–Crippen MR) is 76.6 cm³/mol. The van der Waals surface area contributed by atoms with Gasteiger partial charge in [0.05, 0.1) is 17.8 Å². The SMILES string of the molecule is O=c1ccc2ccccc2n1Cc1cc(Cl)ccn1. The van der Waals surface area contributed by atoms with E-state index in [0.717, 1.165) is 16.6 Å². The number of aromatic nitrogens is 2. The molecule has 0 aliphatic heterocycles. The number of pyridine rings is 2. The van der Waals surface area contributed by atoms with Crippen LogP contribution in [0.5, 0.6) is 0 Å². The van der Waals surface area contributed by atoms with E-state index in [1.165, 1.54) is 0 Å². The fraction of sp³-hybridized carbons (Fsp3) is 0.0667. The number of halogens is 1. The molecule has 0 bridgehead atoms. The van der Waals surface area contributed by atoms with Crippen LogP contribution in [0.15, 0.2) is 59.5 Å². The number of para-hydroxylation sites is 1. The molecule has 0 unspecified atom stereocenters. The molecule has 19 heavy (non-hydrogen) atoms. The third-order valence-corrected chi connectivity index (χ3v) is 3.23. The molecule has 0 saturated carbocycles. The summed E-state index contributed by atoms with van der Waals surface area (Å²) >= 11 is 5.94. The molecule has 0 aliphatic carbocycles. The molecule has 0 radical (unpaired) electrons. The van der Waals surface area contributed by atoms with Crippen molar-refractivity contribution < 1.29 is 0 Å². The number of hydrogen-bond acceptors (Lipinski definition) is 2. The van der Waals surface area contributed by atoms with Gasteiger partial charge < -0.3 is 4.57 Å². The van der Waals surface area contributed by atoms with Crippen molar-refractivity contribution >= 4 is 22.5 Å². The molecule has 0 aliphatic rings. The van der Waals surface area contributed by atoms with Gasteiger partial charge in [0.1, 0.15) is 0 Å². The lowest BCUT2D eigenvalue weighted by atomic mass is 10.2. The molecule has 0 spiro atoms. The van der Waals surface area contributed by atoms with Crippen LogP contribution in [0.1, 0.15) is 5.69 Å². The highest BCUT2D eigenvalue weighted by molar-refractivity contribution is 6.30. The minimum absolute atomic E-state index is 0.0412. The van der Waals surface area contributed by atoms with Crippen LogP contribution in [0.3, 0.4) is 0 Å². The van der Waals surface area contributed by atoms with Crippen molar-refractivity contribution in [1.82, 2.24) is 9.55 Å². The summed E-state index contributed by atoms with van der Waals surface area (Å²) in [5.74, 6) is 0. The van der Waals surface area contributed by atoms with Crippen molar-refractivity contribution in [2.24, 2.45) is 0 Å². The average molecular weight is 271 g/mol. The standard InChI is InChI=1S/C15H11ClN2O/c16-12-7-8-17-13(9-12)10-18-14-4-2-1-3-11(14)5-6-15(18)19/h1-9H,10H2. The van der Waals surface area contributed by atoms with Crippen molar-refractivity contribution in [3.63, 3.8) is 0 Å². The fourth-order valence-electron chi connectivity index (χ4n) is 2.10. The van der Waals surface area contributed by atoms with Gasteiger partial charge in [-0.1, -0.05) is 29.8 Å². The largest absolute Gasteiger partial charge is 0.302 e. The second-order valence-electron chi connectivity index (χ2n) is 4.28. The van der Waals surface area contributed by atoms with E-state index in [1.54, 1.807) is 29.0 Å². The summed E-state index contributed by atoms with van der Waals surface area (Å²) in [4.78, 5) is 16.3. The van der Waals surface area contributed by atoms with Crippen LogP contribution in [-0.4, -0.2) is 9.55 Å². The first-order valence-electron chi connectivity index (χ1n) is 5.93. The van der Waals surface area contributed by atoms with Crippen LogP contribution in [0.4, 0.5) is 0 Å². The monoisotopic (exact) mass is 270 g/mol. The highest BCUT2D eigenvalue weighted by Gasteiger charge is 2.04. The summed E-state index contributed by atoms with van der Waals surface area (Å²) in [6.07, 6.45) is 1.65. The van der Waals surface area contributed by atoms with Crippen LogP contribution < -0.4 is 5.56 Å². The molecule has 0 amide bonds. The van der Waals surface area contributed by atoms with E-state index < -0.39 is 0 Å². The molecule has 2 heterocycles. The normalized spacial score (nSPS) is 10.8.